The molecule has 1 aromatic heterocycles. The monoisotopic (exact) mass is 369 g/mol. The number of halogens is 5. The molecule has 0 radical (unpaired) electrons. The molecule has 0 spiro atoms. The molecule has 1 aromatic rings. The second kappa shape index (κ2) is 6.65. The highest BCUT2D eigenvalue weighted by Gasteiger charge is 2.42. The van der Waals surface area contributed by atoms with Crippen molar-refractivity contribution >= 4 is 27.5 Å². The molecule has 1 atom stereocenters. The van der Waals surface area contributed by atoms with Gasteiger partial charge in [-0.3, -0.25) is 4.98 Å². The van der Waals surface area contributed by atoms with Gasteiger partial charge in [-0.2, -0.15) is 13.2 Å². The lowest BCUT2D eigenvalue weighted by Crippen LogP contribution is -2.30. The van der Waals surface area contributed by atoms with Gasteiger partial charge in [-0.05, 0) is 49.7 Å². The number of hydrogen-bond donors (Lipinski definition) is 0. The van der Waals surface area contributed by atoms with E-state index in [1.165, 1.54) is 0 Å². The third kappa shape index (κ3) is 4.10. The van der Waals surface area contributed by atoms with E-state index in [-0.39, 0.29) is 23.6 Å². The number of pyridine rings is 1. The van der Waals surface area contributed by atoms with E-state index < -0.39 is 12.1 Å². The molecule has 6 heteroatoms. The van der Waals surface area contributed by atoms with E-state index in [4.69, 9.17) is 11.6 Å². The van der Waals surface area contributed by atoms with Gasteiger partial charge in [0, 0.05) is 17.2 Å². The van der Waals surface area contributed by atoms with Crippen LogP contribution in [0, 0.1) is 11.8 Å². The fourth-order valence-electron chi connectivity index (χ4n) is 2.75. The lowest BCUT2D eigenvalue weighted by Gasteiger charge is -2.32. The van der Waals surface area contributed by atoms with E-state index in [9.17, 15) is 13.2 Å². The van der Waals surface area contributed by atoms with Gasteiger partial charge in [0.25, 0.3) is 0 Å². The fraction of sp³-hybridized carbons (Fsp3) is 0.643. The van der Waals surface area contributed by atoms with Crippen molar-refractivity contribution in [3.05, 3.63) is 29.0 Å². The number of aromatic nitrogens is 1. The van der Waals surface area contributed by atoms with Gasteiger partial charge in [-0.15, -0.1) is 0 Å². The lowest BCUT2D eigenvalue weighted by atomic mass is 9.79. The Morgan fingerprint density at radius 2 is 1.95 bits per heavy atom. The van der Waals surface area contributed by atoms with Crippen LogP contribution in [0.3, 0.4) is 0 Å². The Balaban J connectivity index is 1.89. The molecule has 0 amide bonds. The highest BCUT2D eigenvalue weighted by Crippen LogP contribution is 2.42. The van der Waals surface area contributed by atoms with E-state index in [1.54, 1.807) is 12.4 Å². The Bertz CT molecular complexity index is 444. The van der Waals surface area contributed by atoms with Crippen LogP contribution in [0.5, 0.6) is 0 Å². The largest absolute Gasteiger partial charge is 0.391 e. The first-order chi connectivity index (χ1) is 9.38. The molecule has 0 aromatic carbocycles. The fourth-order valence-corrected chi connectivity index (χ4v) is 3.83. The molecule has 1 aliphatic rings. The topological polar surface area (TPSA) is 12.9 Å². The van der Waals surface area contributed by atoms with Crippen LogP contribution in [0.15, 0.2) is 18.5 Å². The van der Waals surface area contributed by atoms with Gasteiger partial charge in [0.2, 0.25) is 0 Å². The summed E-state index contributed by atoms with van der Waals surface area (Å²) in [5.41, 5.74) is 0.987. The first-order valence-corrected chi connectivity index (χ1v) is 7.96. The minimum Gasteiger partial charge on any atom is -0.263 e. The summed E-state index contributed by atoms with van der Waals surface area (Å²) >= 11 is 9.68. The minimum absolute atomic E-state index is 0.164. The summed E-state index contributed by atoms with van der Waals surface area (Å²) in [6, 6.07) is 1.86. The van der Waals surface area contributed by atoms with Gasteiger partial charge in [0.1, 0.15) is 0 Å². The Kier molecular flexibility index (Phi) is 5.35. The summed E-state index contributed by atoms with van der Waals surface area (Å²) in [7, 11) is 0. The third-order valence-electron chi connectivity index (χ3n) is 4.02. The third-order valence-corrected chi connectivity index (χ3v) is 5.43. The van der Waals surface area contributed by atoms with Gasteiger partial charge in [-0.1, -0.05) is 27.5 Å². The summed E-state index contributed by atoms with van der Waals surface area (Å²) in [6.45, 7) is 0. The first-order valence-electron chi connectivity index (χ1n) is 6.67. The molecule has 1 aliphatic carbocycles. The molecule has 1 heterocycles. The van der Waals surface area contributed by atoms with Gasteiger partial charge in [0.15, 0.2) is 0 Å². The molecular weight excluding hydrogens is 355 g/mol. The van der Waals surface area contributed by atoms with Crippen molar-refractivity contribution in [1.82, 2.24) is 4.98 Å². The molecule has 0 N–H and O–H groups in total. The van der Waals surface area contributed by atoms with Crippen LogP contribution in [0.4, 0.5) is 13.2 Å². The zero-order chi connectivity index (χ0) is 14.8. The molecule has 0 bridgehead atoms. The second-order valence-electron chi connectivity index (χ2n) is 5.34. The van der Waals surface area contributed by atoms with Crippen molar-refractivity contribution in [2.24, 2.45) is 11.8 Å². The van der Waals surface area contributed by atoms with Crippen LogP contribution in [-0.4, -0.2) is 16.0 Å². The molecule has 0 saturated heterocycles. The number of hydrogen-bond acceptors (Lipinski definition) is 1. The molecule has 1 unspecified atom stereocenters. The molecule has 20 heavy (non-hydrogen) atoms. The van der Waals surface area contributed by atoms with E-state index in [0.717, 1.165) is 12.0 Å². The number of rotatable bonds is 3. The van der Waals surface area contributed by atoms with Crippen molar-refractivity contribution in [1.29, 1.82) is 0 Å². The van der Waals surface area contributed by atoms with Crippen molar-refractivity contribution < 1.29 is 13.2 Å². The van der Waals surface area contributed by atoms with E-state index in [0.29, 0.717) is 17.9 Å². The smallest absolute Gasteiger partial charge is 0.263 e. The number of alkyl halides is 4. The normalized spacial score (nSPS) is 25.4. The van der Waals surface area contributed by atoms with Gasteiger partial charge in [0.05, 0.1) is 10.9 Å². The standard InChI is InChI=1S/C14H16BrClF3N/c15-12(7-10-5-6-20-8-13(10)16)9-1-3-11(4-2-9)14(17,18)19/h5-6,8-9,11-12H,1-4,7H2. The predicted molar refractivity (Wildman–Crippen MR) is 77.2 cm³/mol. The highest BCUT2D eigenvalue weighted by molar-refractivity contribution is 9.09. The van der Waals surface area contributed by atoms with Crippen LogP contribution < -0.4 is 0 Å². The van der Waals surface area contributed by atoms with Crippen LogP contribution in [0.1, 0.15) is 31.2 Å². The average Bonchev–Trinajstić information content (AvgIpc) is 2.40. The lowest BCUT2D eigenvalue weighted by molar-refractivity contribution is -0.183. The Hall–Kier alpha value is -0.290. The molecule has 1 nitrogen and oxygen atoms in total. The van der Waals surface area contributed by atoms with Crippen LogP contribution in [0.2, 0.25) is 5.02 Å². The molecule has 1 fully saturated rings. The average molecular weight is 371 g/mol. The van der Waals surface area contributed by atoms with Gasteiger partial charge >= 0.3 is 6.18 Å². The van der Waals surface area contributed by atoms with Crippen molar-refractivity contribution in [2.75, 3.05) is 0 Å². The zero-order valence-corrected chi connectivity index (χ0v) is 13.2. The Morgan fingerprint density at radius 3 is 2.50 bits per heavy atom. The molecular formula is C14H16BrClF3N. The summed E-state index contributed by atoms with van der Waals surface area (Å²) in [5, 5.41) is 0.612. The Morgan fingerprint density at radius 1 is 1.30 bits per heavy atom. The maximum absolute atomic E-state index is 12.6. The quantitative estimate of drug-likeness (QED) is 0.648. The van der Waals surface area contributed by atoms with Crippen molar-refractivity contribution in [3.63, 3.8) is 0 Å². The summed E-state index contributed by atoms with van der Waals surface area (Å²) in [6.07, 6.45) is 1.66. The molecule has 1 saturated carbocycles. The van der Waals surface area contributed by atoms with E-state index in [2.05, 4.69) is 20.9 Å². The van der Waals surface area contributed by atoms with Gasteiger partial charge < -0.3 is 0 Å². The van der Waals surface area contributed by atoms with Gasteiger partial charge in [-0.25, -0.2) is 0 Å². The van der Waals surface area contributed by atoms with Crippen LogP contribution in [0.25, 0.3) is 0 Å². The van der Waals surface area contributed by atoms with E-state index in [1.807, 2.05) is 6.07 Å². The van der Waals surface area contributed by atoms with Crippen molar-refractivity contribution in [2.45, 2.75) is 43.1 Å². The van der Waals surface area contributed by atoms with Crippen molar-refractivity contribution in [3.8, 4) is 0 Å². The Labute approximate surface area is 130 Å². The maximum atomic E-state index is 12.6. The number of nitrogens with zero attached hydrogens (tertiary/aromatic N) is 1. The maximum Gasteiger partial charge on any atom is 0.391 e. The second-order valence-corrected chi connectivity index (χ2v) is 6.92. The van der Waals surface area contributed by atoms with Crippen LogP contribution in [-0.2, 0) is 6.42 Å². The summed E-state index contributed by atoms with van der Waals surface area (Å²) < 4.78 is 37.9. The summed E-state index contributed by atoms with van der Waals surface area (Å²) in [4.78, 5) is 4.09. The first kappa shape index (κ1) is 16.1. The summed E-state index contributed by atoms with van der Waals surface area (Å²) in [5.74, 6) is -0.846. The highest BCUT2D eigenvalue weighted by atomic mass is 79.9. The molecule has 0 aliphatic heterocycles. The SMILES string of the molecule is FC(F)(F)C1CCC(C(Br)Cc2ccncc2Cl)CC1. The van der Waals surface area contributed by atoms with Crippen LogP contribution >= 0.6 is 27.5 Å². The molecule has 2 rings (SSSR count). The van der Waals surface area contributed by atoms with E-state index >= 15 is 0 Å². The zero-order valence-electron chi connectivity index (χ0n) is 10.8. The minimum atomic E-state index is -4.04. The predicted octanol–water partition coefficient (Wildman–Crippen LogP) is 5.41. The molecule has 112 valence electrons.